The molecular formula is C22H25ClN4O4S. The first-order valence-electron chi connectivity index (χ1n) is 9.71. The number of halogens is 1. The average Bonchev–Trinajstić information content (AvgIpc) is 3.19. The molecule has 0 fully saturated rings. The SMILES string of the molecule is COc1cccc2sc(N(CCCN(C)C)C(=O)C=Cc3ccc([N+](=O)[O-])cc3)nc12.Cl. The van der Waals surface area contributed by atoms with E-state index in [1.165, 1.54) is 29.5 Å². The molecule has 32 heavy (non-hydrogen) atoms. The number of hydrogen-bond donors (Lipinski definition) is 0. The lowest BCUT2D eigenvalue weighted by molar-refractivity contribution is -0.384. The predicted octanol–water partition coefficient (Wildman–Crippen LogP) is 4.63. The summed E-state index contributed by atoms with van der Waals surface area (Å²) < 4.78 is 6.34. The summed E-state index contributed by atoms with van der Waals surface area (Å²) in [4.78, 5) is 31.8. The van der Waals surface area contributed by atoms with Crippen molar-refractivity contribution in [3.63, 3.8) is 0 Å². The highest BCUT2D eigenvalue weighted by Gasteiger charge is 2.19. The molecule has 0 spiro atoms. The minimum atomic E-state index is -0.452. The molecule has 0 aliphatic rings. The van der Waals surface area contributed by atoms with Gasteiger partial charge in [-0.3, -0.25) is 19.8 Å². The van der Waals surface area contributed by atoms with Crippen molar-refractivity contribution >= 4 is 56.8 Å². The number of nitro benzene ring substituents is 1. The van der Waals surface area contributed by atoms with E-state index in [1.54, 1.807) is 30.2 Å². The Kier molecular flexibility index (Phi) is 9.13. The van der Waals surface area contributed by atoms with Crippen LogP contribution in [0.5, 0.6) is 5.75 Å². The number of amides is 1. The fourth-order valence-electron chi connectivity index (χ4n) is 3.00. The maximum atomic E-state index is 13.1. The van der Waals surface area contributed by atoms with Crippen LogP contribution in [0.15, 0.2) is 48.5 Å². The number of non-ortho nitro benzene ring substituents is 1. The van der Waals surface area contributed by atoms with Crippen molar-refractivity contribution in [1.29, 1.82) is 0 Å². The third kappa shape index (κ3) is 6.25. The van der Waals surface area contributed by atoms with Gasteiger partial charge in [-0.25, -0.2) is 4.98 Å². The fraction of sp³-hybridized carbons (Fsp3) is 0.273. The molecule has 1 aromatic heterocycles. The zero-order valence-electron chi connectivity index (χ0n) is 18.1. The number of fused-ring (bicyclic) bond motifs is 1. The second kappa shape index (κ2) is 11.6. The molecular weight excluding hydrogens is 452 g/mol. The Balaban J connectivity index is 0.00000363. The Morgan fingerprint density at radius 3 is 2.53 bits per heavy atom. The van der Waals surface area contributed by atoms with Crippen LogP contribution in [0.25, 0.3) is 16.3 Å². The van der Waals surface area contributed by atoms with Crippen LogP contribution in [-0.4, -0.2) is 55.0 Å². The molecule has 0 saturated heterocycles. The molecule has 0 atom stereocenters. The number of rotatable bonds is 9. The molecule has 8 nitrogen and oxygen atoms in total. The molecule has 1 heterocycles. The summed E-state index contributed by atoms with van der Waals surface area (Å²) in [5.41, 5.74) is 1.45. The summed E-state index contributed by atoms with van der Waals surface area (Å²) in [6.45, 7) is 1.35. The van der Waals surface area contributed by atoms with E-state index in [0.717, 1.165) is 23.2 Å². The van der Waals surface area contributed by atoms with E-state index >= 15 is 0 Å². The Hall–Kier alpha value is -3.01. The molecule has 3 rings (SSSR count). The first-order chi connectivity index (χ1) is 14.9. The molecule has 0 unspecified atom stereocenters. The highest BCUT2D eigenvalue weighted by Crippen LogP contribution is 2.34. The van der Waals surface area contributed by atoms with Crippen molar-refractivity contribution in [2.75, 3.05) is 39.2 Å². The highest BCUT2D eigenvalue weighted by molar-refractivity contribution is 7.22. The summed E-state index contributed by atoms with van der Waals surface area (Å²) >= 11 is 1.44. The Morgan fingerprint density at radius 2 is 1.91 bits per heavy atom. The van der Waals surface area contributed by atoms with Crippen LogP contribution in [0.4, 0.5) is 10.8 Å². The van der Waals surface area contributed by atoms with Crippen molar-refractivity contribution < 1.29 is 14.5 Å². The standard InChI is InChI=1S/C22H24N4O4S.ClH/c1-24(2)14-5-15-25(22-23-21-18(30-3)6-4-7-19(21)31-22)20(27)13-10-16-8-11-17(12-9-16)26(28)29;/h4,6-13H,5,14-15H2,1-3H3;1H. The topological polar surface area (TPSA) is 88.8 Å². The molecule has 0 radical (unpaired) electrons. The van der Waals surface area contributed by atoms with E-state index in [1.807, 2.05) is 32.3 Å². The smallest absolute Gasteiger partial charge is 0.269 e. The van der Waals surface area contributed by atoms with Crippen LogP contribution < -0.4 is 9.64 Å². The Morgan fingerprint density at radius 1 is 1.19 bits per heavy atom. The van der Waals surface area contributed by atoms with Gasteiger partial charge >= 0.3 is 0 Å². The van der Waals surface area contributed by atoms with Gasteiger partial charge in [-0.1, -0.05) is 17.4 Å². The summed E-state index contributed by atoms with van der Waals surface area (Å²) in [7, 11) is 5.58. The van der Waals surface area contributed by atoms with Crippen molar-refractivity contribution in [3.8, 4) is 5.75 Å². The number of ether oxygens (including phenoxy) is 1. The number of benzene rings is 2. The summed E-state index contributed by atoms with van der Waals surface area (Å²) in [6.07, 6.45) is 3.91. The van der Waals surface area contributed by atoms with E-state index in [4.69, 9.17) is 4.74 Å². The second-order valence-corrected chi connectivity index (χ2v) is 8.14. The fourth-order valence-corrected chi connectivity index (χ4v) is 4.02. The number of carbonyl (C=O) groups excluding carboxylic acids is 1. The first-order valence-corrected chi connectivity index (χ1v) is 10.5. The van der Waals surface area contributed by atoms with Crippen molar-refractivity contribution in [2.45, 2.75) is 6.42 Å². The van der Waals surface area contributed by atoms with Gasteiger partial charge in [0.25, 0.3) is 11.6 Å². The van der Waals surface area contributed by atoms with Crippen LogP contribution >= 0.6 is 23.7 Å². The van der Waals surface area contributed by atoms with Crippen LogP contribution in [0.1, 0.15) is 12.0 Å². The van der Waals surface area contributed by atoms with Gasteiger partial charge in [-0.05, 0) is 63.0 Å². The lowest BCUT2D eigenvalue weighted by Gasteiger charge is -2.19. The quantitative estimate of drug-likeness (QED) is 0.254. The molecule has 0 bridgehead atoms. The van der Waals surface area contributed by atoms with Crippen LogP contribution in [0, 0.1) is 10.1 Å². The van der Waals surface area contributed by atoms with Gasteiger partial charge in [0.1, 0.15) is 11.3 Å². The van der Waals surface area contributed by atoms with Gasteiger partial charge in [0.15, 0.2) is 5.13 Å². The number of nitrogens with zero attached hydrogens (tertiary/aromatic N) is 4. The summed E-state index contributed by atoms with van der Waals surface area (Å²) in [6, 6.07) is 11.8. The van der Waals surface area contributed by atoms with Crippen LogP contribution in [0.3, 0.4) is 0 Å². The molecule has 0 saturated carbocycles. The Labute approximate surface area is 196 Å². The molecule has 2 aromatic carbocycles. The number of thiazole rings is 1. The molecule has 10 heteroatoms. The maximum Gasteiger partial charge on any atom is 0.269 e. The number of aromatic nitrogens is 1. The number of anilines is 1. The zero-order valence-corrected chi connectivity index (χ0v) is 19.7. The minimum absolute atomic E-state index is 0. The third-order valence-corrected chi connectivity index (χ3v) is 5.64. The molecule has 3 aromatic rings. The van der Waals surface area contributed by atoms with E-state index in [2.05, 4.69) is 9.88 Å². The van der Waals surface area contributed by atoms with Gasteiger partial charge in [-0.2, -0.15) is 0 Å². The van der Waals surface area contributed by atoms with E-state index < -0.39 is 4.92 Å². The van der Waals surface area contributed by atoms with Crippen molar-refractivity contribution in [2.24, 2.45) is 0 Å². The average molecular weight is 477 g/mol. The normalized spacial score (nSPS) is 11.0. The lowest BCUT2D eigenvalue weighted by Crippen LogP contribution is -2.32. The molecule has 0 N–H and O–H groups in total. The van der Waals surface area contributed by atoms with Gasteiger partial charge in [-0.15, -0.1) is 12.4 Å². The third-order valence-electron chi connectivity index (χ3n) is 4.60. The maximum absolute atomic E-state index is 13.1. The van der Waals surface area contributed by atoms with Gasteiger partial charge in [0.05, 0.1) is 16.7 Å². The highest BCUT2D eigenvalue weighted by atomic mass is 35.5. The molecule has 170 valence electrons. The van der Waals surface area contributed by atoms with E-state index in [9.17, 15) is 14.9 Å². The molecule has 0 aliphatic carbocycles. The molecule has 1 amide bonds. The second-order valence-electron chi connectivity index (χ2n) is 7.13. The van der Waals surface area contributed by atoms with E-state index in [-0.39, 0.29) is 24.0 Å². The zero-order chi connectivity index (χ0) is 22.4. The first kappa shape index (κ1) is 25.3. The predicted molar refractivity (Wildman–Crippen MR) is 131 cm³/mol. The van der Waals surface area contributed by atoms with Gasteiger partial charge < -0.3 is 9.64 Å². The van der Waals surface area contributed by atoms with Crippen molar-refractivity contribution in [3.05, 3.63) is 64.2 Å². The van der Waals surface area contributed by atoms with Gasteiger partial charge in [0.2, 0.25) is 0 Å². The number of para-hydroxylation sites is 1. The summed E-state index contributed by atoms with van der Waals surface area (Å²) in [5, 5.41) is 11.4. The summed E-state index contributed by atoms with van der Waals surface area (Å²) in [5.74, 6) is 0.470. The van der Waals surface area contributed by atoms with Crippen LogP contribution in [0.2, 0.25) is 0 Å². The van der Waals surface area contributed by atoms with Gasteiger partial charge in [0, 0.05) is 24.8 Å². The van der Waals surface area contributed by atoms with E-state index in [0.29, 0.717) is 23.0 Å². The minimum Gasteiger partial charge on any atom is -0.494 e. The number of methoxy groups -OCH3 is 1. The number of hydrogen-bond acceptors (Lipinski definition) is 7. The molecule has 0 aliphatic heterocycles. The largest absolute Gasteiger partial charge is 0.494 e. The van der Waals surface area contributed by atoms with Crippen molar-refractivity contribution in [1.82, 2.24) is 9.88 Å². The number of carbonyl (C=O) groups is 1. The number of nitro groups is 1. The van der Waals surface area contributed by atoms with Crippen LogP contribution in [-0.2, 0) is 4.79 Å². The monoisotopic (exact) mass is 476 g/mol. The Bertz CT molecular complexity index is 1100. The lowest BCUT2D eigenvalue weighted by atomic mass is 10.2.